The summed E-state index contributed by atoms with van der Waals surface area (Å²) in [5.41, 5.74) is 3.01. The topological polar surface area (TPSA) is 64.4 Å². The first-order valence-corrected chi connectivity index (χ1v) is 13.8. The van der Waals surface area contributed by atoms with E-state index in [1.54, 1.807) is 31.2 Å². The fourth-order valence-corrected chi connectivity index (χ4v) is 6.56. The number of hydrogen-bond donors (Lipinski definition) is 0. The number of imidazole rings is 1. The molecule has 0 spiro atoms. The number of benzene rings is 2. The number of halogens is 1. The van der Waals surface area contributed by atoms with Gasteiger partial charge in [-0.1, -0.05) is 37.7 Å². The van der Waals surface area contributed by atoms with Gasteiger partial charge < -0.3 is 9.30 Å². The van der Waals surface area contributed by atoms with Crippen molar-refractivity contribution in [3.8, 4) is 0 Å². The molecule has 1 aliphatic rings. The zero-order valence-corrected chi connectivity index (χ0v) is 20.9. The number of nitrogens with zero attached hydrogens (tertiary/aromatic N) is 3. The Morgan fingerprint density at radius 3 is 2.67 bits per heavy atom. The number of fused-ring (bicyclic) bond motifs is 1. The van der Waals surface area contributed by atoms with Crippen LogP contribution in [-0.4, -0.2) is 48.1 Å². The number of ether oxygens (including phenoxy) is 1. The van der Waals surface area contributed by atoms with Crippen molar-refractivity contribution >= 4 is 32.8 Å². The molecule has 178 valence electrons. The average Bonchev–Trinajstić information content (AvgIpc) is 3.43. The lowest BCUT2D eigenvalue weighted by Gasteiger charge is -2.18. The van der Waals surface area contributed by atoms with E-state index in [9.17, 15) is 12.8 Å². The van der Waals surface area contributed by atoms with Gasteiger partial charge in [-0.25, -0.2) is 17.8 Å². The number of rotatable bonds is 9. The summed E-state index contributed by atoms with van der Waals surface area (Å²) in [4.78, 5) is 5.04. The van der Waals surface area contributed by atoms with Crippen LogP contribution in [0.5, 0.6) is 0 Å². The first-order valence-electron chi connectivity index (χ1n) is 11.3. The van der Waals surface area contributed by atoms with Crippen LogP contribution in [-0.2, 0) is 27.1 Å². The molecule has 3 aromatic rings. The Labute approximate surface area is 199 Å². The van der Waals surface area contributed by atoms with E-state index >= 15 is 0 Å². The maximum atomic E-state index is 14.0. The third kappa shape index (κ3) is 5.11. The summed E-state index contributed by atoms with van der Waals surface area (Å²) < 4.78 is 49.4. The standard InChI is InChI=1S/C24H30FN3O3S2/c1-4-27(5-2)33(29,30)20-10-11-23-22(14-20)26-24(28(23)15-19-7-6-12-31-19)32-16-18-9-8-17(3)21(25)13-18/h8-11,13-14,19H,4-7,12,15-16H2,1-3H3. The highest BCUT2D eigenvalue weighted by atomic mass is 32.2. The first kappa shape index (κ1) is 24.2. The average molecular weight is 492 g/mol. The predicted molar refractivity (Wildman–Crippen MR) is 130 cm³/mol. The maximum Gasteiger partial charge on any atom is 0.243 e. The van der Waals surface area contributed by atoms with Gasteiger partial charge in [0.25, 0.3) is 0 Å². The van der Waals surface area contributed by atoms with Gasteiger partial charge in [0.1, 0.15) is 5.82 Å². The van der Waals surface area contributed by atoms with Crippen LogP contribution in [0.25, 0.3) is 11.0 Å². The number of thioether (sulfide) groups is 1. The summed E-state index contributed by atoms with van der Waals surface area (Å²) >= 11 is 1.52. The summed E-state index contributed by atoms with van der Waals surface area (Å²) in [7, 11) is -3.57. The lowest BCUT2D eigenvalue weighted by molar-refractivity contribution is 0.0960. The lowest BCUT2D eigenvalue weighted by Crippen LogP contribution is -2.30. The zero-order valence-electron chi connectivity index (χ0n) is 19.3. The summed E-state index contributed by atoms with van der Waals surface area (Å²) in [5.74, 6) is 0.351. The first-order chi connectivity index (χ1) is 15.8. The second-order valence-corrected chi connectivity index (χ2v) is 11.1. The Kier molecular flexibility index (Phi) is 7.43. The largest absolute Gasteiger partial charge is 0.376 e. The van der Waals surface area contributed by atoms with Crippen molar-refractivity contribution in [2.75, 3.05) is 19.7 Å². The molecule has 0 amide bonds. The zero-order chi connectivity index (χ0) is 23.6. The molecular formula is C24H30FN3O3S2. The molecule has 9 heteroatoms. The third-order valence-electron chi connectivity index (χ3n) is 6.04. The molecule has 1 atom stereocenters. The third-order valence-corrected chi connectivity index (χ3v) is 9.14. The van der Waals surface area contributed by atoms with E-state index in [0.717, 1.165) is 35.7 Å². The molecule has 0 N–H and O–H groups in total. The summed E-state index contributed by atoms with van der Waals surface area (Å²) in [6.07, 6.45) is 2.13. The van der Waals surface area contributed by atoms with Crippen molar-refractivity contribution in [2.45, 2.75) is 62.1 Å². The molecule has 1 fully saturated rings. The number of aromatic nitrogens is 2. The Hall–Kier alpha value is -1.94. The van der Waals surface area contributed by atoms with E-state index in [1.165, 1.54) is 16.1 Å². The smallest absolute Gasteiger partial charge is 0.243 e. The van der Waals surface area contributed by atoms with Gasteiger partial charge in [-0.2, -0.15) is 4.31 Å². The fraction of sp³-hybridized carbons (Fsp3) is 0.458. The highest BCUT2D eigenvalue weighted by Crippen LogP contribution is 2.31. The summed E-state index contributed by atoms with van der Waals surface area (Å²) in [6, 6.07) is 10.4. The van der Waals surface area contributed by atoms with E-state index in [0.29, 0.717) is 36.5 Å². The molecule has 6 nitrogen and oxygen atoms in total. The van der Waals surface area contributed by atoms with Crippen LogP contribution in [0.3, 0.4) is 0 Å². The molecule has 1 aromatic heterocycles. The molecule has 0 bridgehead atoms. The van der Waals surface area contributed by atoms with E-state index in [4.69, 9.17) is 9.72 Å². The minimum absolute atomic E-state index is 0.109. The summed E-state index contributed by atoms with van der Waals surface area (Å²) in [5, 5.41) is 0.777. The molecule has 1 unspecified atom stereocenters. The molecular weight excluding hydrogens is 461 g/mol. The van der Waals surface area contributed by atoms with Crippen molar-refractivity contribution < 1.29 is 17.5 Å². The van der Waals surface area contributed by atoms with Crippen molar-refractivity contribution in [3.05, 3.63) is 53.3 Å². The van der Waals surface area contributed by atoms with Gasteiger partial charge in [-0.15, -0.1) is 0 Å². The molecule has 0 radical (unpaired) electrons. The van der Waals surface area contributed by atoms with Crippen molar-refractivity contribution in [3.63, 3.8) is 0 Å². The van der Waals surface area contributed by atoms with Gasteiger partial charge in [0.15, 0.2) is 5.16 Å². The van der Waals surface area contributed by atoms with E-state index in [2.05, 4.69) is 4.57 Å². The second-order valence-electron chi connectivity index (χ2n) is 8.25. The highest BCUT2D eigenvalue weighted by Gasteiger charge is 2.24. The van der Waals surface area contributed by atoms with Crippen molar-refractivity contribution in [1.82, 2.24) is 13.9 Å². The predicted octanol–water partition coefficient (Wildman–Crippen LogP) is 4.99. The monoisotopic (exact) mass is 491 g/mol. The van der Waals surface area contributed by atoms with Crippen LogP contribution in [0.4, 0.5) is 4.39 Å². The van der Waals surface area contributed by atoms with Gasteiger partial charge >= 0.3 is 0 Å². The Morgan fingerprint density at radius 1 is 1.21 bits per heavy atom. The maximum absolute atomic E-state index is 14.0. The summed E-state index contributed by atoms with van der Waals surface area (Å²) in [6.45, 7) is 7.66. The number of hydrogen-bond acceptors (Lipinski definition) is 5. The quantitative estimate of drug-likeness (QED) is 0.395. The van der Waals surface area contributed by atoms with Crippen LogP contribution in [0, 0.1) is 12.7 Å². The van der Waals surface area contributed by atoms with Crippen LogP contribution >= 0.6 is 11.8 Å². The van der Waals surface area contributed by atoms with Gasteiger partial charge in [-0.3, -0.25) is 0 Å². The van der Waals surface area contributed by atoms with Gasteiger partial charge in [0, 0.05) is 25.4 Å². The number of sulfonamides is 1. The fourth-order valence-electron chi connectivity index (χ4n) is 4.11. The van der Waals surface area contributed by atoms with Crippen LogP contribution < -0.4 is 0 Å². The van der Waals surface area contributed by atoms with E-state index in [1.807, 2.05) is 26.0 Å². The molecule has 0 aliphatic carbocycles. The SMILES string of the molecule is CCN(CC)S(=O)(=O)c1ccc2c(c1)nc(SCc1ccc(C)c(F)c1)n2CC1CCCO1. The normalized spacial score (nSPS) is 16.8. The van der Waals surface area contributed by atoms with Crippen molar-refractivity contribution in [1.29, 1.82) is 0 Å². The van der Waals surface area contributed by atoms with E-state index < -0.39 is 10.0 Å². The van der Waals surface area contributed by atoms with Crippen LogP contribution in [0.2, 0.25) is 0 Å². The van der Waals surface area contributed by atoms with Gasteiger partial charge in [0.05, 0.1) is 28.6 Å². The molecule has 0 saturated carbocycles. The molecule has 2 aromatic carbocycles. The van der Waals surface area contributed by atoms with Crippen LogP contribution in [0.1, 0.15) is 37.8 Å². The molecule has 4 rings (SSSR count). The van der Waals surface area contributed by atoms with Crippen molar-refractivity contribution in [2.24, 2.45) is 0 Å². The molecule has 1 aliphatic heterocycles. The highest BCUT2D eigenvalue weighted by molar-refractivity contribution is 7.98. The van der Waals surface area contributed by atoms with E-state index in [-0.39, 0.29) is 16.8 Å². The second kappa shape index (κ2) is 10.1. The minimum Gasteiger partial charge on any atom is -0.376 e. The Balaban J connectivity index is 1.69. The molecule has 2 heterocycles. The Bertz CT molecular complexity index is 1230. The molecule has 33 heavy (non-hydrogen) atoms. The van der Waals surface area contributed by atoms with Gasteiger partial charge in [0.2, 0.25) is 10.0 Å². The number of aryl methyl sites for hydroxylation is 1. The molecule has 1 saturated heterocycles. The lowest BCUT2D eigenvalue weighted by atomic mass is 10.2. The minimum atomic E-state index is -3.57. The Morgan fingerprint density at radius 2 is 2.00 bits per heavy atom. The van der Waals surface area contributed by atoms with Gasteiger partial charge in [-0.05, 0) is 55.2 Å². The van der Waals surface area contributed by atoms with Crippen LogP contribution in [0.15, 0.2) is 46.5 Å².